The fraction of sp³-hybridized carbons (Fsp3) is 1.00. The van der Waals surface area contributed by atoms with Crippen molar-refractivity contribution in [2.75, 3.05) is 0 Å². The average Bonchev–Trinajstić information content (AvgIpc) is 1.59. The van der Waals surface area contributed by atoms with Crippen LogP contribution in [0.4, 0.5) is 0 Å². The summed E-state index contributed by atoms with van der Waals surface area (Å²) in [5.41, 5.74) is 0. The van der Waals surface area contributed by atoms with Crippen molar-refractivity contribution in [3.05, 3.63) is 0 Å². The van der Waals surface area contributed by atoms with E-state index in [1.165, 1.54) is 10.4 Å². The van der Waals surface area contributed by atoms with Crippen molar-refractivity contribution in [3.8, 4) is 0 Å². The van der Waals surface area contributed by atoms with Gasteiger partial charge >= 0.3 is 0 Å². The summed E-state index contributed by atoms with van der Waals surface area (Å²) in [7, 11) is -0.615. The van der Waals surface area contributed by atoms with Gasteiger partial charge in [-0.3, -0.25) is 0 Å². The van der Waals surface area contributed by atoms with Crippen molar-refractivity contribution >= 4 is 26.9 Å². The lowest BCUT2D eigenvalue weighted by molar-refractivity contribution is 0.974. The highest BCUT2D eigenvalue weighted by molar-refractivity contribution is 6.94. The maximum Gasteiger partial charge on any atom is 0.105 e. The first-order valence-electron chi connectivity index (χ1n) is 3.89. The number of nitrogens with zero attached hydrogens (tertiary/aromatic N) is 1. The van der Waals surface area contributed by atoms with Crippen LogP contribution in [-0.2, 0) is 0 Å². The Kier molecular flexibility index (Phi) is 3.10. The summed E-state index contributed by atoms with van der Waals surface area (Å²) >= 11 is 0. The molecule has 0 aliphatic heterocycles. The molecule has 0 rings (SSSR count). The summed E-state index contributed by atoms with van der Waals surface area (Å²) in [6, 6.07) is 0. The summed E-state index contributed by atoms with van der Waals surface area (Å²) in [5.74, 6) is 0. The molecule has 0 fully saturated rings. The second-order valence-corrected chi connectivity index (χ2v) is 18.1. The van der Waals surface area contributed by atoms with Crippen LogP contribution >= 0.6 is 0 Å². The standard InChI is InChI=1S/C6H21NSi3/c1-9(2,3)7(8)10(4,5)6/h1-6,8H3. The van der Waals surface area contributed by atoms with E-state index >= 15 is 0 Å². The summed E-state index contributed by atoms with van der Waals surface area (Å²) in [6.45, 7) is 14.7. The van der Waals surface area contributed by atoms with Crippen LogP contribution in [-0.4, -0.2) is 30.8 Å². The van der Waals surface area contributed by atoms with E-state index in [2.05, 4.69) is 43.2 Å². The molecule has 0 unspecified atom stereocenters. The van der Waals surface area contributed by atoms with Gasteiger partial charge in [-0.1, -0.05) is 39.3 Å². The summed E-state index contributed by atoms with van der Waals surface area (Å²) < 4.78 is 2.79. The topological polar surface area (TPSA) is 3.24 Å². The minimum atomic E-state index is -0.939. The minimum absolute atomic E-state index is 0.939. The Labute approximate surface area is 70.5 Å². The van der Waals surface area contributed by atoms with Gasteiger partial charge in [0.1, 0.15) is 16.5 Å². The maximum atomic E-state index is 2.79. The Bertz CT molecular complexity index is 97.1. The van der Waals surface area contributed by atoms with Crippen LogP contribution in [0.2, 0.25) is 39.3 Å². The first kappa shape index (κ1) is 10.6. The lowest BCUT2D eigenvalue weighted by atomic mass is 11.8. The normalized spacial score (nSPS) is 14.7. The average molecular weight is 191 g/mol. The first-order chi connectivity index (χ1) is 4.15. The van der Waals surface area contributed by atoms with E-state index in [1.807, 2.05) is 0 Å². The molecule has 0 amide bonds. The molecule has 1 nitrogen and oxygen atoms in total. The first-order valence-corrected chi connectivity index (χ1v) is 11.7. The molecule has 0 saturated carbocycles. The molecule has 0 saturated heterocycles. The van der Waals surface area contributed by atoms with Gasteiger partial charge < -0.3 is 3.90 Å². The van der Waals surface area contributed by atoms with Crippen molar-refractivity contribution in [2.24, 2.45) is 0 Å². The Morgan fingerprint density at radius 1 is 0.800 bits per heavy atom. The molecule has 4 heteroatoms. The molecule has 0 atom stereocenters. The molecule has 0 bridgehead atoms. The van der Waals surface area contributed by atoms with Crippen LogP contribution in [0, 0.1) is 0 Å². The molecule has 0 aromatic rings. The largest absolute Gasteiger partial charge is 0.376 e. The Balaban J connectivity index is 4.23. The van der Waals surface area contributed by atoms with Crippen molar-refractivity contribution < 1.29 is 0 Å². The molecular weight excluding hydrogens is 170 g/mol. The lowest BCUT2D eigenvalue weighted by Gasteiger charge is -2.40. The highest BCUT2D eigenvalue weighted by Gasteiger charge is 2.29. The highest BCUT2D eigenvalue weighted by Crippen LogP contribution is 2.15. The van der Waals surface area contributed by atoms with Crippen LogP contribution in [0.1, 0.15) is 0 Å². The second-order valence-electron chi connectivity index (χ2n) is 4.90. The van der Waals surface area contributed by atoms with Crippen LogP contribution < -0.4 is 0 Å². The van der Waals surface area contributed by atoms with Gasteiger partial charge in [0.05, 0.1) is 10.4 Å². The SMILES string of the molecule is C[Si](C)(C)N([SiH3])[Si](C)(C)C. The third kappa shape index (κ3) is 3.14. The van der Waals surface area contributed by atoms with Gasteiger partial charge in [-0.15, -0.1) is 0 Å². The third-order valence-corrected chi connectivity index (χ3v) is 18.1. The summed E-state index contributed by atoms with van der Waals surface area (Å²) in [6.07, 6.45) is 0. The minimum Gasteiger partial charge on any atom is -0.376 e. The molecule has 0 spiro atoms. The van der Waals surface area contributed by atoms with Crippen LogP contribution in [0.3, 0.4) is 0 Å². The molecule has 0 aliphatic carbocycles. The lowest BCUT2D eigenvalue weighted by Crippen LogP contribution is -2.57. The number of hydrogen-bond acceptors (Lipinski definition) is 1. The van der Waals surface area contributed by atoms with E-state index in [-0.39, 0.29) is 0 Å². The summed E-state index contributed by atoms with van der Waals surface area (Å²) in [4.78, 5) is 0. The highest BCUT2D eigenvalue weighted by atomic mass is 28.4. The van der Waals surface area contributed by atoms with Gasteiger partial charge in [-0.25, -0.2) is 0 Å². The van der Waals surface area contributed by atoms with E-state index in [0.29, 0.717) is 0 Å². The van der Waals surface area contributed by atoms with Crippen molar-refractivity contribution in [3.63, 3.8) is 0 Å². The molecular formula is C6H21NSi3. The molecule has 10 heavy (non-hydrogen) atoms. The van der Waals surface area contributed by atoms with Gasteiger partial charge in [0, 0.05) is 0 Å². The Hall–Kier alpha value is 0.611. The molecule has 0 heterocycles. The molecule has 0 aromatic carbocycles. The monoisotopic (exact) mass is 191 g/mol. The van der Waals surface area contributed by atoms with Gasteiger partial charge in [0.2, 0.25) is 0 Å². The number of hydrogen-bond donors (Lipinski definition) is 0. The van der Waals surface area contributed by atoms with Crippen molar-refractivity contribution in [1.29, 1.82) is 0 Å². The molecule has 0 aromatic heterocycles. The zero-order valence-corrected chi connectivity index (χ0v) is 12.4. The fourth-order valence-electron chi connectivity index (χ4n) is 1.01. The van der Waals surface area contributed by atoms with Gasteiger partial charge in [-0.05, 0) is 0 Å². The summed E-state index contributed by atoms with van der Waals surface area (Å²) in [5, 5.41) is 0. The zero-order valence-electron chi connectivity index (χ0n) is 8.45. The third-order valence-electron chi connectivity index (χ3n) is 2.01. The maximum absolute atomic E-state index is 2.79. The van der Waals surface area contributed by atoms with E-state index in [9.17, 15) is 0 Å². The van der Waals surface area contributed by atoms with Crippen molar-refractivity contribution in [2.45, 2.75) is 39.3 Å². The second kappa shape index (κ2) is 2.92. The smallest absolute Gasteiger partial charge is 0.105 e. The molecule has 0 radical (unpaired) electrons. The van der Waals surface area contributed by atoms with E-state index in [1.54, 1.807) is 0 Å². The fourth-order valence-corrected chi connectivity index (χ4v) is 9.06. The Morgan fingerprint density at radius 2 is 1.00 bits per heavy atom. The zero-order chi connectivity index (χ0) is 8.58. The van der Waals surface area contributed by atoms with Gasteiger partial charge in [0.25, 0.3) is 0 Å². The predicted molar refractivity (Wildman–Crippen MR) is 58.5 cm³/mol. The molecule has 62 valence electrons. The van der Waals surface area contributed by atoms with E-state index < -0.39 is 16.5 Å². The quantitative estimate of drug-likeness (QED) is 0.594. The molecule has 0 aliphatic rings. The van der Waals surface area contributed by atoms with Crippen molar-refractivity contribution in [1.82, 2.24) is 3.90 Å². The molecule has 0 N–H and O–H groups in total. The number of rotatable bonds is 2. The van der Waals surface area contributed by atoms with Gasteiger partial charge in [0.15, 0.2) is 0 Å². The Morgan fingerprint density at radius 3 is 1.00 bits per heavy atom. The predicted octanol–water partition coefficient (Wildman–Crippen LogP) is 1.24. The van der Waals surface area contributed by atoms with Crippen LogP contribution in [0.5, 0.6) is 0 Å². The van der Waals surface area contributed by atoms with E-state index in [4.69, 9.17) is 0 Å². The van der Waals surface area contributed by atoms with Crippen LogP contribution in [0.25, 0.3) is 0 Å². The van der Waals surface area contributed by atoms with Gasteiger partial charge in [-0.2, -0.15) is 0 Å². The van der Waals surface area contributed by atoms with Crippen LogP contribution in [0.15, 0.2) is 0 Å². The van der Waals surface area contributed by atoms with E-state index in [0.717, 1.165) is 0 Å².